The van der Waals surface area contributed by atoms with Gasteiger partial charge in [-0.3, -0.25) is 14.5 Å². The van der Waals surface area contributed by atoms with E-state index in [-0.39, 0.29) is 11.2 Å². The number of methoxy groups -OCH3 is 1. The van der Waals surface area contributed by atoms with E-state index >= 15 is 0 Å². The number of fused-ring (bicyclic) bond motifs is 3. The van der Waals surface area contributed by atoms with Crippen molar-refractivity contribution in [2.24, 2.45) is 0 Å². The monoisotopic (exact) mass is 484 g/mol. The fourth-order valence-electron chi connectivity index (χ4n) is 4.50. The smallest absolute Gasteiger partial charge is 0.297 e. The van der Waals surface area contributed by atoms with E-state index < -0.39 is 11.9 Å². The number of hydrogen-bond donors (Lipinski definition) is 0. The van der Waals surface area contributed by atoms with Crippen molar-refractivity contribution in [1.29, 1.82) is 0 Å². The standard InChI is InChI=1S/C27H20N2O5S/c1-3-33-17-8-6-7-15(13-17)23-22-24(30)18-9-4-5-10-20(18)34-25(22)26(31)29(23)27-28-19-12-11-16(32-2)14-21(19)35-27/h4-14,23H,3H2,1-2H3/t23-/m0/s1. The number of nitrogens with zero attached hydrogens (tertiary/aromatic N) is 2. The summed E-state index contributed by atoms with van der Waals surface area (Å²) in [6.45, 7) is 2.41. The van der Waals surface area contributed by atoms with Crippen molar-refractivity contribution in [3.8, 4) is 11.5 Å². The molecule has 0 saturated carbocycles. The molecule has 3 heterocycles. The summed E-state index contributed by atoms with van der Waals surface area (Å²) in [6, 6.07) is 19.3. The molecule has 35 heavy (non-hydrogen) atoms. The number of para-hydroxylation sites is 1. The van der Waals surface area contributed by atoms with Crippen LogP contribution in [0.2, 0.25) is 0 Å². The summed E-state index contributed by atoms with van der Waals surface area (Å²) in [5, 5.41) is 0.904. The third-order valence-electron chi connectivity index (χ3n) is 6.05. The van der Waals surface area contributed by atoms with Crippen LogP contribution in [0.3, 0.4) is 0 Å². The fraction of sp³-hybridized carbons (Fsp3) is 0.148. The summed E-state index contributed by atoms with van der Waals surface area (Å²) in [4.78, 5) is 33.8. The van der Waals surface area contributed by atoms with Gasteiger partial charge in [-0.2, -0.15) is 0 Å². The van der Waals surface area contributed by atoms with Crippen LogP contribution in [0.25, 0.3) is 21.2 Å². The van der Waals surface area contributed by atoms with E-state index in [0.717, 1.165) is 15.8 Å². The number of hydrogen-bond acceptors (Lipinski definition) is 7. The van der Waals surface area contributed by atoms with Gasteiger partial charge in [0.2, 0.25) is 5.76 Å². The lowest BCUT2D eigenvalue weighted by atomic mass is 9.98. The SMILES string of the molecule is CCOc1cccc([C@H]2c3c(oc4ccccc4c3=O)C(=O)N2c2nc3ccc(OC)cc3s2)c1. The molecule has 3 aromatic carbocycles. The summed E-state index contributed by atoms with van der Waals surface area (Å²) in [7, 11) is 1.60. The van der Waals surface area contributed by atoms with Gasteiger partial charge in [0.15, 0.2) is 10.6 Å². The molecule has 0 saturated heterocycles. The summed E-state index contributed by atoms with van der Waals surface area (Å²) >= 11 is 1.36. The number of benzene rings is 3. The Balaban J connectivity index is 1.60. The summed E-state index contributed by atoms with van der Waals surface area (Å²) in [6.07, 6.45) is 0. The summed E-state index contributed by atoms with van der Waals surface area (Å²) in [5.41, 5.74) is 1.93. The first-order valence-electron chi connectivity index (χ1n) is 11.2. The molecule has 2 aromatic heterocycles. The maximum absolute atomic E-state index is 13.8. The molecule has 0 aliphatic carbocycles. The van der Waals surface area contributed by atoms with E-state index in [2.05, 4.69) is 0 Å². The number of amides is 1. The molecular formula is C27H20N2O5S. The molecule has 1 atom stereocenters. The second-order valence-corrected chi connectivity index (χ2v) is 9.09. The van der Waals surface area contributed by atoms with E-state index in [1.807, 2.05) is 49.4 Å². The van der Waals surface area contributed by atoms with Crippen LogP contribution in [-0.2, 0) is 0 Å². The van der Waals surface area contributed by atoms with Crippen molar-refractivity contribution >= 4 is 43.6 Å². The number of carbonyl (C=O) groups excluding carboxylic acids is 1. The molecule has 1 aliphatic rings. The van der Waals surface area contributed by atoms with Crippen molar-refractivity contribution in [3.63, 3.8) is 0 Å². The largest absolute Gasteiger partial charge is 0.497 e. The highest BCUT2D eigenvalue weighted by atomic mass is 32.1. The van der Waals surface area contributed by atoms with Crippen LogP contribution in [0.1, 0.15) is 34.6 Å². The minimum absolute atomic E-state index is 0.0392. The van der Waals surface area contributed by atoms with E-state index in [1.54, 1.807) is 36.3 Å². The maximum Gasteiger partial charge on any atom is 0.297 e. The van der Waals surface area contributed by atoms with Crippen LogP contribution < -0.4 is 19.8 Å². The molecule has 0 fully saturated rings. The third-order valence-corrected chi connectivity index (χ3v) is 7.07. The summed E-state index contributed by atoms with van der Waals surface area (Å²) in [5.74, 6) is 0.996. The van der Waals surface area contributed by atoms with Crippen LogP contribution in [-0.4, -0.2) is 24.6 Å². The zero-order valence-electron chi connectivity index (χ0n) is 19.0. The number of ether oxygens (including phenoxy) is 2. The molecule has 6 rings (SSSR count). The maximum atomic E-state index is 13.8. The molecule has 0 spiro atoms. The van der Waals surface area contributed by atoms with E-state index in [4.69, 9.17) is 18.9 Å². The highest BCUT2D eigenvalue weighted by molar-refractivity contribution is 7.22. The Labute approximate surface area is 204 Å². The second kappa shape index (κ2) is 8.25. The first kappa shape index (κ1) is 21.4. The van der Waals surface area contributed by atoms with Gasteiger partial charge >= 0.3 is 0 Å². The first-order valence-corrected chi connectivity index (χ1v) is 12.0. The Kier molecular flexibility index (Phi) is 5.04. The molecule has 5 aromatic rings. The van der Waals surface area contributed by atoms with Crippen molar-refractivity contribution in [1.82, 2.24) is 4.98 Å². The molecule has 0 N–H and O–H groups in total. The second-order valence-electron chi connectivity index (χ2n) is 8.08. The van der Waals surface area contributed by atoms with Crippen LogP contribution >= 0.6 is 11.3 Å². The quantitative estimate of drug-likeness (QED) is 0.325. The number of aromatic nitrogens is 1. The van der Waals surface area contributed by atoms with Crippen LogP contribution in [0, 0.1) is 0 Å². The Morgan fingerprint density at radius 3 is 2.71 bits per heavy atom. The number of anilines is 1. The Hall–Kier alpha value is -4.17. The van der Waals surface area contributed by atoms with Gasteiger partial charge in [-0.1, -0.05) is 35.6 Å². The van der Waals surface area contributed by atoms with Gasteiger partial charge < -0.3 is 13.9 Å². The molecule has 0 bridgehead atoms. The average Bonchev–Trinajstić information content (AvgIpc) is 3.42. The number of thiazole rings is 1. The molecule has 0 unspecified atom stereocenters. The van der Waals surface area contributed by atoms with Crippen molar-refractivity contribution in [2.45, 2.75) is 13.0 Å². The van der Waals surface area contributed by atoms with Crippen LogP contribution in [0.15, 0.2) is 75.9 Å². The predicted octanol–water partition coefficient (Wildman–Crippen LogP) is 5.56. The Bertz CT molecular complexity index is 1670. The van der Waals surface area contributed by atoms with Gasteiger partial charge in [-0.25, -0.2) is 4.98 Å². The molecule has 174 valence electrons. The van der Waals surface area contributed by atoms with Gasteiger partial charge in [0, 0.05) is 0 Å². The molecule has 7 nitrogen and oxygen atoms in total. The molecular weight excluding hydrogens is 464 g/mol. The van der Waals surface area contributed by atoms with Crippen molar-refractivity contribution in [3.05, 3.63) is 93.8 Å². The normalized spacial score (nSPS) is 15.1. The van der Waals surface area contributed by atoms with E-state index in [0.29, 0.717) is 39.8 Å². The summed E-state index contributed by atoms with van der Waals surface area (Å²) < 4.78 is 17.9. The third kappa shape index (κ3) is 3.37. The van der Waals surface area contributed by atoms with Crippen molar-refractivity contribution < 1.29 is 18.7 Å². The number of carbonyl (C=O) groups is 1. The Morgan fingerprint density at radius 1 is 1.03 bits per heavy atom. The van der Waals surface area contributed by atoms with Gasteiger partial charge in [-0.05, 0) is 55.0 Å². The minimum atomic E-state index is -0.707. The lowest BCUT2D eigenvalue weighted by molar-refractivity contribution is 0.0971. The van der Waals surface area contributed by atoms with Gasteiger partial charge in [-0.15, -0.1) is 0 Å². The van der Waals surface area contributed by atoms with Gasteiger partial charge in [0.1, 0.15) is 17.1 Å². The zero-order valence-corrected chi connectivity index (χ0v) is 19.8. The first-order chi connectivity index (χ1) is 17.1. The van der Waals surface area contributed by atoms with Crippen LogP contribution in [0.4, 0.5) is 5.13 Å². The Morgan fingerprint density at radius 2 is 1.89 bits per heavy atom. The fourth-order valence-corrected chi connectivity index (χ4v) is 5.52. The average molecular weight is 485 g/mol. The molecule has 0 radical (unpaired) electrons. The molecule has 1 aliphatic heterocycles. The highest BCUT2D eigenvalue weighted by Crippen LogP contribution is 2.44. The van der Waals surface area contributed by atoms with E-state index in [1.165, 1.54) is 11.3 Å². The predicted molar refractivity (Wildman–Crippen MR) is 135 cm³/mol. The highest BCUT2D eigenvalue weighted by Gasteiger charge is 2.45. The van der Waals surface area contributed by atoms with E-state index in [9.17, 15) is 9.59 Å². The lowest BCUT2D eigenvalue weighted by Gasteiger charge is -2.23. The van der Waals surface area contributed by atoms with Gasteiger partial charge in [0.05, 0.1) is 40.9 Å². The lowest BCUT2D eigenvalue weighted by Crippen LogP contribution is -2.29. The van der Waals surface area contributed by atoms with Gasteiger partial charge in [0.25, 0.3) is 5.91 Å². The molecule has 8 heteroatoms. The zero-order chi connectivity index (χ0) is 24.1. The van der Waals surface area contributed by atoms with Crippen LogP contribution in [0.5, 0.6) is 11.5 Å². The topological polar surface area (TPSA) is 81.9 Å². The molecule has 1 amide bonds. The minimum Gasteiger partial charge on any atom is -0.497 e. The number of rotatable bonds is 5. The van der Waals surface area contributed by atoms with Crippen molar-refractivity contribution in [2.75, 3.05) is 18.6 Å².